The van der Waals surface area contributed by atoms with E-state index in [0.717, 1.165) is 0 Å². The summed E-state index contributed by atoms with van der Waals surface area (Å²) in [6, 6.07) is 6.65. The van der Waals surface area contributed by atoms with Crippen LogP contribution in [0.3, 0.4) is 0 Å². The molecule has 0 aromatic heterocycles. The first kappa shape index (κ1) is 15.2. The summed E-state index contributed by atoms with van der Waals surface area (Å²) in [6.07, 6.45) is 0. The van der Waals surface area contributed by atoms with Crippen LogP contribution in [0.5, 0.6) is 0 Å². The Hall–Kier alpha value is -2.90. The molecule has 0 aliphatic carbocycles. The van der Waals surface area contributed by atoms with E-state index in [4.69, 9.17) is 10.2 Å². The number of benzene rings is 1. The second kappa shape index (κ2) is 6.88. The first-order valence-electron chi connectivity index (χ1n) is 5.57. The summed E-state index contributed by atoms with van der Waals surface area (Å²) in [5, 5.41) is 24.6. The van der Waals surface area contributed by atoms with Gasteiger partial charge in [0.25, 0.3) is 0 Å². The fourth-order valence-electron chi connectivity index (χ4n) is 1.05. The van der Waals surface area contributed by atoms with Crippen LogP contribution in [-0.4, -0.2) is 33.6 Å². The van der Waals surface area contributed by atoms with E-state index in [1.54, 1.807) is 24.3 Å². The van der Waals surface area contributed by atoms with Gasteiger partial charge in [-0.2, -0.15) is 10.2 Å². The van der Waals surface area contributed by atoms with Crippen LogP contribution < -0.4 is 10.9 Å². The second-order valence-electron chi connectivity index (χ2n) is 3.81. The zero-order valence-corrected chi connectivity index (χ0v) is 10.9. The van der Waals surface area contributed by atoms with Crippen LogP contribution in [0.2, 0.25) is 0 Å². The van der Waals surface area contributed by atoms with Crippen LogP contribution in [0.25, 0.3) is 0 Å². The Labute approximate surface area is 114 Å². The number of anilines is 2. The van der Waals surface area contributed by atoms with E-state index in [9.17, 15) is 9.59 Å². The smallest absolute Gasteiger partial charge is 0.351 e. The van der Waals surface area contributed by atoms with E-state index in [1.165, 1.54) is 13.8 Å². The van der Waals surface area contributed by atoms with Crippen LogP contribution in [0.15, 0.2) is 34.5 Å². The molecular weight excluding hydrogens is 264 g/mol. The van der Waals surface area contributed by atoms with Gasteiger partial charge in [0.2, 0.25) is 0 Å². The number of carboxylic acids is 2. The van der Waals surface area contributed by atoms with Gasteiger partial charge in [-0.25, -0.2) is 9.59 Å². The van der Waals surface area contributed by atoms with E-state index < -0.39 is 11.9 Å². The number of rotatable bonds is 6. The van der Waals surface area contributed by atoms with E-state index in [1.807, 2.05) is 0 Å². The monoisotopic (exact) mass is 278 g/mol. The molecule has 0 fully saturated rings. The van der Waals surface area contributed by atoms with Crippen LogP contribution >= 0.6 is 0 Å². The lowest BCUT2D eigenvalue weighted by Crippen LogP contribution is -2.10. The van der Waals surface area contributed by atoms with Crippen molar-refractivity contribution in [1.29, 1.82) is 0 Å². The molecule has 0 amide bonds. The Balaban J connectivity index is 2.76. The van der Waals surface area contributed by atoms with E-state index in [2.05, 4.69) is 21.1 Å². The van der Waals surface area contributed by atoms with Gasteiger partial charge in [0, 0.05) is 0 Å². The summed E-state index contributed by atoms with van der Waals surface area (Å²) in [5.41, 5.74) is 6.08. The molecule has 1 aromatic carbocycles. The fraction of sp³-hybridized carbons (Fsp3) is 0.167. The van der Waals surface area contributed by atoms with Crippen LogP contribution in [0, 0.1) is 0 Å². The Morgan fingerprint density at radius 2 is 1.35 bits per heavy atom. The molecule has 1 rings (SSSR count). The Kier molecular flexibility index (Phi) is 5.21. The van der Waals surface area contributed by atoms with E-state index >= 15 is 0 Å². The molecular formula is C12H14N4O4. The third-order valence-electron chi connectivity index (χ3n) is 2.19. The summed E-state index contributed by atoms with van der Waals surface area (Å²) < 4.78 is 0. The SMILES string of the molecule is C/C(=N/Nc1cccc(N/N=C(/C)C(=O)O)c1)C(=O)O. The predicted molar refractivity (Wildman–Crippen MR) is 75.2 cm³/mol. The first-order chi connectivity index (χ1) is 9.40. The lowest BCUT2D eigenvalue weighted by Gasteiger charge is -2.05. The van der Waals surface area contributed by atoms with Crippen molar-refractivity contribution in [3.8, 4) is 0 Å². The number of aliphatic carboxylic acids is 2. The maximum absolute atomic E-state index is 10.6. The molecule has 8 heteroatoms. The molecule has 20 heavy (non-hydrogen) atoms. The van der Waals surface area contributed by atoms with Crippen molar-refractivity contribution in [3.05, 3.63) is 24.3 Å². The van der Waals surface area contributed by atoms with Gasteiger partial charge in [-0.15, -0.1) is 0 Å². The van der Waals surface area contributed by atoms with Gasteiger partial charge in [0.1, 0.15) is 11.4 Å². The molecule has 4 N–H and O–H groups in total. The minimum atomic E-state index is -1.12. The Morgan fingerprint density at radius 3 is 1.70 bits per heavy atom. The molecule has 0 bridgehead atoms. The van der Waals surface area contributed by atoms with Gasteiger partial charge in [-0.1, -0.05) is 6.07 Å². The third-order valence-corrected chi connectivity index (χ3v) is 2.19. The zero-order chi connectivity index (χ0) is 15.1. The molecule has 0 atom stereocenters. The van der Waals surface area contributed by atoms with E-state index in [0.29, 0.717) is 11.4 Å². The van der Waals surface area contributed by atoms with Crippen molar-refractivity contribution < 1.29 is 19.8 Å². The Bertz CT molecular complexity index is 533. The van der Waals surface area contributed by atoms with E-state index in [-0.39, 0.29) is 11.4 Å². The molecule has 0 aliphatic heterocycles. The summed E-state index contributed by atoms with van der Waals surface area (Å²) in [7, 11) is 0. The molecule has 0 saturated carbocycles. The van der Waals surface area contributed by atoms with Crippen LogP contribution in [-0.2, 0) is 9.59 Å². The summed E-state index contributed by atoms with van der Waals surface area (Å²) >= 11 is 0. The second-order valence-corrected chi connectivity index (χ2v) is 3.81. The number of carboxylic acid groups (broad SMARTS) is 2. The van der Waals surface area contributed by atoms with Crippen LogP contribution in [0.4, 0.5) is 11.4 Å². The molecule has 0 heterocycles. The molecule has 8 nitrogen and oxygen atoms in total. The quantitative estimate of drug-likeness (QED) is 0.461. The average molecular weight is 278 g/mol. The van der Waals surface area contributed by atoms with Crippen molar-refractivity contribution >= 4 is 34.7 Å². The van der Waals surface area contributed by atoms with Gasteiger partial charge in [-0.05, 0) is 32.0 Å². The number of carbonyl (C=O) groups is 2. The number of nitrogens with zero attached hydrogens (tertiary/aromatic N) is 2. The highest BCUT2D eigenvalue weighted by atomic mass is 16.4. The van der Waals surface area contributed by atoms with Gasteiger partial charge in [0.05, 0.1) is 11.4 Å². The highest BCUT2D eigenvalue weighted by Crippen LogP contribution is 2.15. The molecule has 1 aromatic rings. The van der Waals surface area contributed by atoms with Crippen molar-refractivity contribution in [2.24, 2.45) is 10.2 Å². The normalized spacial score (nSPS) is 11.9. The Morgan fingerprint density at radius 1 is 0.950 bits per heavy atom. The lowest BCUT2D eigenvalue weighted by molar-refractivity contribution is -0.130. The molecule has 106 valence electrons. The van der Waals surface area contributed by atoms with Crippen molar-refractivity contribution in [2.45, 2.75) is 13.8 Å². The number of hydrogen-bond acceptors (Lipinski definition) is 6. The first-order valence-corrected chi connectivity index (χ1v) is 5.57. The highest BCUT2D eigenvalue weighted by molar-refractivity contribution is 6.35. The maximum Gasteiger partial charge on any atom is 0.351 e. The minimum Gasteiger partial charge on any atom is -0.477 e. The van der Waals surface area contributed by atoms with Gasteiger partial charge >= 0.3 is 11.9 Å². The summed E-state index contributed by atoms with van der Waals surface area (Å²) in [6.45, 7) is 2.72. The summed E-state index contributed by atoms with van der Waals surface area (Å²) in [4.78, 5) is 21.1. The number of hydrogen-bond donors (Lipinski definition) is 4. The average Bonchev–Trinajstić information content (AvgIpc) is 2.42. The molecule has 0 saturated heterocycles. The largest absolute Gasteiger partial charge is 0.477 e. The molecule has 0 radical (unpaired) electrons. The molecule has 0 unspecified atom stereocenters. The highest BCUT2D eigenvalue weighted by Gasteiger charge is 2.02. The standard InChI is InChI=1S/C12H14N4O4/c1-7(11(17)18)13-15-9-4-3-5-10(6-9)16-14-8(2)12(19)20/h3-6,15-16H,1-2H3,(H,17,18)(H,19,20)/b13-7-,14-8-. The third kappa shape index (κ3) is 4.77. The molecule has 0 aliphatic rings. The lowest BCUT2D eigenvalue weighted by atomic mass is 10.3. The topological polar surface area (TPSA) is 123 Å². The maximum atomic E-state index is 10.6. The number of hydrazone groups is 2. The zero-order valence-electron chi connectivity index (χ0n) is 10.9. The van der Waals surface area contributed by atoms with Gasteiger partial charge < -0.3 is 10.2 Å². The minimum absolute atomic E-state index is 0.0805. The van der Waals surface area contributed by atoms with Crippen molar-refractivity contribution in [3.63, 3.8) is 0 Å². The van der Waals surface area contributed by atoms with Crippen LogP contribution in [0.1, 0.15) is 13.8 Å². The van der Waals surface area contributed by atoms with Gasteiger partial charge in [-0.3, -0.25) is 10.9 Å². The molecule has 0 spiro atoms. The van der Waals surface area contributed by atoms with Crippen molar-refractivity contribution in [1.82, 2.24) is 0 Å². The predicted octanol–water partition coefficient (Wildman–Crippen LogP) is 1.43. The van der Waals surface area contributed by atoms with Crippen molar-refractivity contribution in [2.75, 3.05) is 10.9 Å². The summed E-state index contributed by atoms with van der Waals surface area (Å²) in [5.74, 6) is -2.23. The van der Waals surface area contributed by atoms with Gasteiger partial charge in [0.15, 0.2) is 0 Å². The number of nitrogens with one attached hydrogen (secondary N) is 2. The fourth-order valence-corrected chi connectivity index (χ4v) is 1.05.